The van der Waals surface area contributed by atoms with Crippen LogP contribution in [-0.2, 0) is 51.8 Å². The smallest absolute Gasteiger partial charge is 0.430 e. The SMILES string of the molecule is Cc1cc(C[n+]2cnn(CC(O)(c3ccc(F)cc3F)C(C)c3nc(-c4ccc(C#N)cc4)cs3)c2)cc(C)c1OC(=O)C(C)N.Cc1cc(C[n+]2cnn(C[C@](O)(c3ccc(F)cc3F)[C@@H](C)c3nc(-c4ccc(C#N)cc4)cs3)c2)cc(C)c1OC(=O)C(C)N.O=C([O-])C(F)(F)F.[Br-]. The van der Waals surface area contributed by atoms with Crippen molar-refractivity contribution in [3.05, 3.63) is 234 Å². The van der Waals surface area contributed by atoms with Gasteiger partial charge >= 0.3 is 18.1 Å². The summed E-state index contributed by atoms with van der Waals surface area (Å²) in [6, 6.07) is 30.5. The van der Waals surface area contributed by atoms with Gasteiger partial charge in [-0.1, -0.05) is 50.2 Å². The number of carboxylic acids is 1. The molecule has 0 radical (unpaired) electrons. The summed E-state index contributed by atoms with van der Waals surface area (Å²) < 4.78 is 107. The summed E-state index contributed by atoms with van der Waals surface area (Å²) >= 11 is 2.63. The van der Waals surface area contributed by atoms with Crippen molar-refractivity contribution in [3.63, 3.8) is 0 Å². The van der Waals surface area contributed by atoms with Crippen molar-refractivity contribution < 1.29 is 96.0 Å². The Balaban J connectivity index is 0.000000254. The number of alkyl halides is 3. The average molecular weight is 1480 g/mol. The molecule has 0 saturated heterocycles. The first-order chi connectivity index (χ1) is 46.7. The molecule has 10 rings (SSSR count). The molecule has 6 aromatic carbocycles. The molecule has 6 atom stereocenters. The van der Waals surface area contributed by atoms with Gasteiger partial charge in [0.25, 0.3) is 12.7 Å². The van der Waals surface area contributed by atoms with Crippen LogP contribution in [0.5, 0.6) is 11.5 Å². The van der Waals surface area contributed by atoms with Crippen LogP contribution in [0.2, 0.25) is 0 Å². The number of carbonyl (C=O) groups is 3. The molecule has 0 saturated carbocycles. The van der Waals surface area contributed by atoms with Crippen LogP contribution in [-0.4, -0.2) is 75.9 Å². The predicted molar refractivity (Wildman–Crippen MR) is 346 cm³/mol. The van der Waals surface area contributed by atoms with Crippen LogP contribution >= 0.6 is 22.7 Å². The van der Waals surface area contributed by atoms with E-state index < -0.39 is 82.5 Å². The summed E-state index contributed by atoms with van der Waals surface area (Å²) in [5.41, 5.74) is 16.3. The standard InChI is InChI=1S/2C34H33F2N6O3S.C2HF3O2.BrH/c2*1-20-11-25(12-21(2)31(20)45-33(43)23(4)38)15-41-18-39-42(19-41)17-34(44,28-10-9-27(35)13-29(28)36)22(3)32-40-30(16-46-32)26-7-5-24(14-37)6-8-26;3-2(4,5)1(6)7;/h2*5-13,16,18-19,22-23,44H,15,17,38H2,1-4H3;(H,6,7);1H/q2*+1;;/p-2/t22-,23?,34+;;;/m0.../s1. The molecular weight excluding hydrogens is 1410 g/mol. The van der Waals surface area contributed by atoms with Gasteiger partial charge in [-0.3, -0.25) is 0 Å². The third kappa shape index (κ3) is 18.9. The summed E-state index contributed by atoms with van der Waals surface area (Å²) in [5, 5.41) is 65.1. The molecule has 0 spiro atoms. The number of esters is 2. The molecule has 20 nitrogen and oxygen atoms in total. The topological polar surface area (TPSA) is 302 Å². The maximum atomic E-state index is 15.3. The molecule has 522 valence electrons. The second-order valence-electron chi connectivity index (χ2n) is 23.6. The van der Waals surface area contributed by atoms with Gasteiger partial charge in [-0.05, 0) is 136 Å². The number of nitriles is 2. The van der Waals surface area contributed by atoms with E-state index >= 15 is 8.78 Å². The number of rotatable bonds is 20. The molecule has 4 heterocycles. The van der Waals surface area contributed by atoms with E-state index in [1.807, 2.05) is 62.7 Å². The highest BCUT2D eigenvalue weighted by Gasteiger charge is 2.45. The minimum Gasteiger partial charge on any atom is -1.00 e. The van der Waals surface area contributed by atoms with Gasteiger partial charge in [-0.2, -0.15) is 23.7 Å². The Morgan fingerprint density at radius 1 is 0.590 bits per heavy atom. The lowest BCUT2D eigenvalue weighted by molar-refractivity contribution is -0.689. The van der Waals surface area contributed by atoms with Crippen molar-refractivity contribution in [2.45, 2.75) is 123 Å². The quantitative estimate of drug-likeness (QED) is 0.0277. The maximum Gasteiger partial charge on any atom is 0.430 e. The molecule has 6 N–H and O–H groups in total. The molecule has 4 aromatic heterocycles. The minimum absolute atomic E-state index is 0. The maximum absolute atomic E-state index is 15.3. The number of thiazole rings is 2. The van der Waals surface area contributed by atoms with E-state index in [4.69, 9.17) is 51.3 Å². The first kappa shape index (κ1) is 77.4. The lowest BCUT2D eigenvalue weighted by Crippen LogP contribution is -3.00. The molecule has 0 aliphatic heterocycles. The van der Waals surface area contributed by atoms with Crippen molar-refractivity contribution >= 4 is 40.6 Å². The summed E-state index contributed by atoms with van der Waals surface area (Å²) in [4.78, 5) is 42.3. The lowest BCUT2D eigenvalue weighted by Gasteiger charge is -2.32. The highest BCUT2D eigenvalue weighted by atomic mass is 79.9. The van der Waals surface area contributed by atoms with Gasteiger partial charge in [0.2, 0.25) is 12.7 Å². The number of aryl methyl sites for hydroxylation is 4. The van der Waals surface area contributed by atoms with Crippen molar-refractivity contribution in [3.8, 4) is 46.2 Å². The number of carboxylic acid groups (broad SMARTS) is 1. The number of hydrogen-bond acceptors (Lipinski definition) is 18. The van der Waals surface area contributed by atoms with Crippen LogP contribution in [0.3, 0.4) is 0 Å². The second-order valence-corrected chi connectivity index (χ2v) is 25.4. The van der Waals surface area contributed by atoms with Crippen LogP contribution in [0, 0.1) is 73.6 Å². The molecule has 100 heavy (non-hydrogen) atoms. The third-order valence-corrected chi connectivity index (χ3v) is 17.9. The monoisotopic (exact) mass is 1480 g/mol. The molecule has 0 aliphatic carbocycles. The van der Waals surface area contributed by atoms with Crippen molar-refractivity contribution in [2.24, 2.45) is 11.5 Å². The fourth-order valence-electron chi connectivity index (χ4n) is 10.6. The van der Waals surface area contributed by atoms with E-state index in [2.05, 4.69) is 22.3 Å². The zero-order valence-corrected chi connectivity index (χ0v) is 58.0. The molecule has 0 aliphatic rings. The first-order valence-corrected chi connectivity index (χ1v) is 32.0. The van der Waals surface area contributed by atoms with Gasteiger partial charge in [0.05, 0.1) is 57.8 Å². The molecule has 30 heteroatoms. The number of nitrogens with zero attached hydrogens (tertiary/aromatic N) is 10. The van der Waals surface area contributed by atoms with Crippen LogP contribution in [0.4, 0.5) is 30.7 Å². The number of aromatic nitrogens is 8. The normalized spacial score (nSPS) is 13.6. The summed E-state index contributed by atoms with van der Waals surface area (Å²) in [6.07, 6.45) is 1.37. The predicted octanol–water partition coefficient (Wildman–Crippen LogP) is 6.41. The second kappa shape index (κ2) is 32.8. The number of nitrogens with two attached hydrogens (primary N) is 2. The van der Waals surface area contributed by atoms with Crippen molar-refractivity contribution in [1.29, 1.82) is 10.5 Å². The first-order valence-electron chi connectivity index (χ1n) is 30.2. The average Bonchev–Trinajstić information content (AvgIpc) is 1.33. The minimum atomic E-state index is -5.19. The molecule has 0 bridgehead atoms. The van der Waals surface area contributed by atoms with E-state index in [-0.39, 0.29) is 41.2 Å². The fourth-order valence-corrected chi connectivity index (χ4v) is 12.6. The number of carbonyl (C=O) groups excluding carboxylic acids is 3. The van der Waals surface area contributed by atoms with Crippen molar-refractivity contribution in [1.82, 2.24) is 29.5 Å². The van der Waals surface area contributed by atoms with E-state index in [9.17, 15) is 41.8 Å². The Bertz CT molecular complexity index is 4340. The van der Waals surface area contributed by atoms with Crippen molar-refractivity contribution in [2.75, 3.05) is 0 Å². The molecule has 0 fully saturated rings. The largest absolute Gasteiger partial charge is 1.00 e. The zero-order valence-electron chi connectivity index (χ0n) is 54.8. The Hall–Kier alpha value is -9.92. The van der Waals surface area contributed by atoms with Gasteiger partial charge in [0, 0.05) is 67.2 Å². The Morgan fingerprint density at radius 3 is 1.21 bits per heavy atom. The molecule has 4 unspecified atom stereocenters. The molecule has 0 amide bonds. The number of ether oxygens (including phenoxy) is 2. The Labute approximate surface area is 588 Å². The van der Waals surface area contributed by atoms with Gasteiger partial charge in [0.15, 0.2) is 0 Å². The third-order valence-electron chi connectivity index (χ3n) is 15.8. The summed E-state index contributed by atoms with van der Waals surface area (Å²) in [6.45, 7) is 14.5. The van der Waals surface area contributed by atoms with Crippen LogP contribution in [0.1, 0.15) is 105 Å². The lowest BCUT2D eigenvalue weighted by atomic mass is 9.82. The number of aliphatic carboxylic acids is 1. The van der Waals surface area contributed by atoms with Gasteiger partial charge in [0.1, 0.15) is 77.1 Å². The van der Waals surface area contributed by atoms with E-state index in [1.165, 1.54) is 44.2 Å². The summed E-state index contributed by atoms with van der Waals surface area (Å²) in [5.74, 6) is -7.82. The van der Waals surface area contributed by atoms with E-state index in [0.717, 1.165) is 68.8 Å². The molecular formula is C70H66BrF7N12O8S2. The van der Waals surface area contributed by atoms with Crippen LogP contribution in [0.25, 0.3) is 22.5 Å². The number of halogens is 8. The van der Waals surface area contributed by atoms with E-state index in [0.29, 0.717) is 57.1 Å². The highest BCUT2D eigenvalue weighted by molar-refractivity contribution is 7.10. The van der Waals surface area contributed by atoms with Gasteiger partial charge < -0.3 is 58.0 Å². The molecule has 10 aromatic rings. The zero-order chi connectivity index (χ0) is 72.4. The number of hydrogen-bond donors (Lipinski definition) is 4. The van der Waals surface area contributed by atoms with E-state index in [1.54, 1.807) is 111 Å². The Morgan fingerprint density at radius 2 is 0.920 bits per heavy atom. The highest BCUT2D eigenvalue weighted by Crippen LogP contribution is 2.44. The number of benzene rings is 6. The van der Waals surface area contributed by atoms with Gasteiger partial charge in [-0.15, -0.1) is 32.0 Å². The number of aliphatic hydroxyl groups is 2. The van der Waals surface area contributed by atoms with Gasteiger partial charge in [-0.25, -0.2) is 46.3 Å². The summed E-state index contributed by atoms with van der Waals surface area (Å²) in [7, 11) is 0. The van der Waals surface area contributed by atoms with Crippen LogP contribution in [0.15, 0.2) is 145 Å². The van der Waals surface area contributed by atoms with Crippen LogP contribution < -0.4 is 52.2 Å². The Kier molecular flexibility index (Phi) is 25.4. The fraction of sp³-hybridized carbons (Fsp3) is 0.271.